The highest BCUT2D eigenvalue weighted by atomic mass is 16.1. The molecule has 0 fully saturated rings. The molecule has 0 spiro atoms. The number of aryl methyl sites for hydroxylation is 1. The van der Waals surface area contributed by atoms with E-state index in [1.807, 2.05) is 43.6 Å². The molecule has 0 saturated carbocycles. The third-order valence-corrected chi connectivity index (χ3v) is 5.15. The van der Waals surface area contributed by atoms with Crippen LogP contribution in [-0.4, -0.2) is 41.6 Å². The lowest BCUT2D eigenvalue weighted by Gasteiger charge is -2.12. The maximum Gasteiger partial charge on any atom is 0.251 e. The van der Waals surface area contributed by atoms with E-state index < -0.39 is 0 Å². The van der Waals surface area contributed by atoms with E-state index in [2.05, 4.69) is 56.7 Å². The van der Waals surface area contributed by atoms with Crippen molar-refractivity contribution in [2.75, 3.05) is 20.1 Å². The average Bonchev–Trinajstić information content (AvgIpc) is 3.21. The smallest absolute Gasteiger partial charge is 0.251 e. The highest BCUT2D eigenvalue weighted by Gasteiger charge is 2.05. The first-order valence-corrected chi connectivity index (χ1v) is 11.0. The van der Waals surface area contributed by atoms with Gasteiger partial charge >= 0.3 is 0 Å². The van der Waals surface area contributed by atoms with Crippen LogP contribution in [0.2, 0.25) is 0 Å². The number of hydrogen-bond acceptors (Lipinski definition) is 3. The Bertz CT molecular complexity index is 1060. The van der Waals surface area contributed by atoms with E-state index in [0.717, 1.165) is 49.0 Å². The second-order valence-electron chi connectivity index (χ2n) is 7.57. The fraction of sp³-hybridized carbons (Fsp3) is 0.320. The first kappa shape index (κ1) is 23.1. The number of benzene rings is 2. The van der Waals surface area contributed by atoms with Gasteiger partial charge in [0.2, 0.25) is 0 Å². The molecule has 1 aromatic heterocycles. The Kier molecular flexibility index (Phi) is 8.43. The van der Waals surface area contributed by atoms with Crippen LogP contribution in [0.25, 0.3) is 0 Å². The van der Waals surface area contributed by atoms with Crippen LogP contribution in [0.1, 0.15) is 39.8 Å². The van der Waals surface area contributed by atoms with Crippen molar-refractivity contribution in [3.8, 4) is 0 Å². The van der Waals surface area contributed by atoms with Crippen molar-refractivity contribution >= 4 is 11.9 Å². The van der Waals surface area contributed by atoms with E-state index >= 15 is 0 Å². The zero-order valence-electron chi connectivity index (χ0n) is 19.1. The van der Waals surface area contributed by atoms with Gasteiger partial charge in [0.05, 0.1) is 6.54 Å². The Balaban J connectivity index is 1.57. The van der Waals surface area contributed by atoms with Gasteiger partial charge in [0, 0.05) is 44.6 Å². The van der Waals surface area contributed by atoms with Crippen molar-refractivity contribution in [1.29, 1.82) is 0 Å². The third kappa shape index (κ3) is 6.70. The van der Waals surface area contributed by atoms with Gasteiger partial charge in [-0.25, -0.2) is 9.98 Å². The quantitative estimate of drug-likeness (QED) is 0.359. The minimum Gasteiger partial charge on any atom is -0.357 e. The molecule has 0 bridgehead atoms. The normalized spacial score (nSPS) is 11.3. The topological polar surface area (TPSA) is 83.3 Å². The molecule has 0 aliphatic carbocycles. The standard InChI is InChI=1S/C25H32N6O/c1-4-27-25(29-12-11-20-7-6-10-23(16-20)24(32)26-3)30-17-21-8-5-9-22(15-21)18-31-14-13-28-19(31)2/h5-10,13-16H,4,11-12,17-18H2,1-3H3,(H,26,32)(H2,27,29,30). The van der Waals surface area contributed by atoms with Crippen molar-refractivity contribution in [3.05, 3.63) is 89.0 Å². The van der Waals surface area contributed by atoms with Crippen molar-refractivity contribution in [2.24, 2.45) is 4.99 Å². The highest BCUT2D eigenvalue weighted by molar-refractivity contribution is 5.94. The van der Waals surface area contributed by atoms with Gasteiger partial charge < -0.3 is 20.5 Å². The zero-order valence-corrected chi connectivity index (χ0v) is 19.1. The van der Waals surface area contributed by atoms with Crippen LogP contribution in [-0.2, 0) is 19.5 Å². The lowest BCUT2D eigenvalue weighted by atomic mass is 10.1. The van der Waals surface area contributed by atoms with Gasteiger partial charge in [-0.15, -0.1) is 0 Å². The monoisotopic (exact) mass is 432 g/mol. The zero-order chi connectivity index (χ0) is 22.8. The molecule has 0 saturated heterocycles. The molecule has 168 valence electrons. The van der Waals surface area contributed by atoms with Gasteiger partial charge in [-0.3, -0.25) is 4.79 Å². The molecular weight excluding hydrogens is 400 g/mol. The maximum absolute atomic E-state index is 11.8. The second-order valence-corrected chi connectivity index (χ2v) is 7.57. The molecule has 7 nitrogen and oxygen atoms in total. The predicted molar refractivity (Wildman–Crippen MR) is 129 cm³/mol. The van der Waals surface area contributed by atoms with Gasteiger partial charge in [-0.2, -0.15) is 0 Å². The molecule has 0 aliphatic rings. The molecule has 1 heterocycles. The number of aliphatic imine (C=N–C) groups is 1. The van der Waals surface area contributed by atoms with Gasteiger partial charge in [0.15, 0.2) is 5.96 Å². The van der Waals surface area contributed by atoms with Gasteiger partial charge in [-0.05, 0) is 49.1 Å². The summed E-state index contributed by atoms with van der Waals surface area (Å²) in [5.41, 5.74) is 4.18. The van der Waals surface area contributed by atoms with Gasteiger partial charge in [0.1, 0.15) is 5.82 Å². The van der Waals surface area contributed by atoms with Crippen LogP contribution >= 0.6 is 0 Å². The van der Waals surface area contributed by atoms with Crippen LogP contribution in [0.15, 0.2) is 65.9 Å². The van der Waals surface area contributed by atoms with Crippen molar-refractivity contribution in [1.82, 2.24) is 25.5 Å². The third-order valence-electron chi connectivity index (χ3n) is 5.15. The van der Waals surface area contributed by atoms with Crippen LogP contribution in [0.5, 0.6) is 0 Å². The fourth-order valence-electron chi connectivity index (χ4n) is 3.44. The molecular formula is C25H32N6O. The molecule has 3 N–H and O–H groups in total. The van der Waals surface area contributed by atoms with E-state index in [4.69, 9.17) is 4.99 Å². The first-order valence-electron chi connectivity index (χ1n) is 11.0. The largest absolute Gasteiger partial charge is 0.357 e. The number of carbonyl (C=O) groups excluding carboxylic acids is 1. The minimum atomic E-state index is -0.0693. The number of hydrogen-bond donors (Lipinski definition) is 3. The predicted octanol–water partition coefficient (Wildman–Crippen LogP) is 2.90. The van der Waals surface area contributed by atoms with Crippen LogP contribution in [0.4, 0.5) is 0 Å². The minimum absolute atomic E-state index is 0.0693. The first-order chi connectivity index (χ1) is 15.6. The lowest BCUT2D eigenvalue weighted by Crippen LogP contribution is -2.38. The van der Waals surface area contributed by atoms with Crippen molar-refractivity contribution < 1.29 is 4.79 Å². The molecule has 3 aromatic rings. The average molecular weight is 433 g/mol. The van der Waals surface area contributed by atoms with E-state index in [1.165, 1.54) is 5.56 Å². The van der Waals surface area contributed by atoms with Gasteiger partial charge in [-0.1, -0.05) is 36.4 Å². The Hall–Kier alpha value is -3.61. The number of aromatic nitrogens is 2. The summed E-state index contributed by atoms with van der Waals surface area (Å²) in [6, 6.07) is 16.2. The number of nitrogens with one attached hydrogen (secondary N) is 3. The number of rotatable bonds is 9. The molecule has 1 amide bonds. The molecule has 0 unspecified atom stereocenters. The SMILES string of the molecule is CCNC(=NCc1cccc(Cn2ccnc2C)c1)NCCc1cccc(C(=O)NC)c1. The molecule has 32 heavy (non-hydrogen) atoms. The summed E-state index contributed by atoms with van der Waals surface area (Å²) < 4.78 is 2.13. The van der Waals surface area contributed by atoms with Crippen LogP contribution in [0, 0.1) is 6.92 Å². The number of nitrogens with zero attached hydrogens (tertiary/aromatic N) is 3. The summed E-state index contributed by atoms with van der Waals surface area (Å²) in [4.78, 5) is 20.9. The summed E-state index contributed by atoms with van der Waals surface area (Å²) in [6.45, 7) is 6.98. The fourth-order valence-corrected chi connectivity index (χ4v) is 3.44. The van der Waals surface area contributed by atoms with E-state index in [9.17, 15) is 4.79 Å². The number of guanidine groups is 1. The Morgan fingerprint density at radius 3 is 2.59 bits per heavy atom. The molecule has 0 atom stereocenters. The van der Waals surface area contributed by atoms with Crippen LogP contribution in [0.3, 0.4) is 0 Å². The number of imidazole rings is 1. The van der Waals surface area contributed by atoms with Gasteiger partial charge in [0.25, 0.3) is 5.91 Å². The van der Waals surface area contributed by atoms with Crippen molar-refractivity contribution in [2.45, 2.75) is 33.4 Å². The molecule has 0 aliphatic heterocycles. The highest BCUT2D eigenvalue weighted by Crippen LogP contribution is 2.10. The van der Waals surface area contributed by atoms with Crippen LogP contribution < -0.4 is 16.0 Å². The lowest BCUT2D eigenvalue weighted by molar-refractivity contribution is 0.0963. The van der Waals surface area contributed by atoms with E-state index in [0.29, 0.717) is 12.1 Å². The summed E-state index contributed by atoms with van der Waals surface area (Å²) in [5, 5.41) is 9.35. The maximum atomic E-state index is 11.8. The molecule has 7 heteroatoms. The Morgan fingerprint density at radius 1 is 1.06 bits per heavy atom. The van der Waals surface area contributed by atoms with Crippen molar-refractivity contribution in [3.63, 3.8) is 0 Å². The summed E-state index contributed by atoms with van der Waals surface area (Å²) in [6.07, 6.45) is 4.62. The van der Waals surface area contributed by atoms with E-state index in [1.54, 1.807) is 7.05 Å². The number of carbonyl (C=O) groups is 1. The summed E-state index contributed by atoms with van der Waals surface area (Å²) in [7, 11) is 1.64. The molecule has 2 aromatic carbocycles. The Labute approximate surface area is 190 Å². The Morgan fingerprint density at radius 2 is 1.84 bits per heavy atom. The number of amides is 1. The molecule has 0 radical (unpaired) electrons. The second kappa shape index (κ2) is 11.7. The summed E-state index contributed by atoms with van der Waals surface area (Å²) >= 11 is 0. The summed E-state index contributed by atoms with van der Waals surface area (Å²) in [5.74, 6) is 1.72. The molecule has 3 rings (SSSR count). The van der Waals surface area contributed by atoms with E-state index in [-0.39, 0.29) is 5.91 Å².